The first-order valence-corrected chi connectivity index (χ1v) is 10.4. The monoisotopic (exact) mass is 345 g/mol. The molecule has 24 heavy (non-hydrogen) atoms. The predicted molar refractivity (Wildman–Crippen MR) is 102 cm³/mol. The van der Waals surface area contributed by atoms with Gasteiger partial charge in [0.1, 0.15) is 0 Å². The van der Waals surface area contributed by atoms with E-state index in [9.17, 15) is 5.11 Å². The average molecular weight is 346 g/mol. The van der Waals surface area contributed by atoms with Crippen LogP contribution in [0.3, 0.4) is 0 Å². The van der Waals surface area contributed by atoms with E-state index in [1.165, 1.54) is 70.6 Å². The summed E-state index contributed by atoms with van der Waals surface area (Å²) in [6.45, 7) is 4.02. The van der Waals surface area contributed by atoms with Crippen LogP contribution in [0.1, 0.15) is 90.4 Å². The second-order valence-electron chi connectivity index (χ2n) is 7.08. The fraction of sp³-hybridized carbons (Fsp3) is 1.00. The summed E-state index contributed by atoms with van der Waals surface area (Å²) in [5.41, 5.74) is 0. The Kier molecular flexibility index (Phi) is 19.0. The second-order valence-corrected chi connectivity index (χ2v) is 7.08. The average Bonchev–Trinajstić information content (AvgIpc) is 2.56. The third kappa shape index (κ3) is 16.7. The lowest BCUT2D eigenvalue weighted by molar-refractivity contribution is 0.0809. The van der Waals surface area contributed by atoms with Gasteiger partial charge in [0.15, 0.2) is 0 Å². The molecule has 0 aliphatic rings. The zero-order chi connectivity index (χ0) is 17.9. The molecule has 0 aliphatic carbocycles. The van der Waals surface area contributed by atoms with Crippen molar-refractivity contribution in [1.82, 2.24) is 4.90 Å². The summed E-state index contributed by atoms with van der Waals surface area (Å²) in [6.07, 6.45) is 16.4. The maximum atomic E-state index is 10.0. The molecule has 0 saturated carbocycles. The van der Waals surface area contributed by atoms with Crippen molar-refractivity contribution in [2.75, 3.05) is 32.8 Å². The van der Waals surface area contributed by atoms with Crippen molar-refractivity contribution in [3.63, 3.8) is 0 Å². The lowest BCUT2D eigenvalue weighted by Gasteiger charge is -2.23. The maximum Gasteiger partial charge on any atom is 0.0667 e. The summed E-state index contributed by atoms with van der Waals surface area (Å²) in [5.74, 6) is 0. The van der Waals surface area contributed by atoms with E-state index in [0.29, 0.717) is 19.6 Å². The Morgan fingerprint density at radius 3 is 1.50 bits per heavy atom. The molecule has 0 fully saturated rings. The molecule has 4 heteroatoms. The predicted octanol–water partition coefficient (Wildman–Crippen LogP) is 3.73. The molecule has 0 amide bonds. The molecular weight excluding hydrogens is 302 g/mol. The lowest BCUT2D eigenvalue weighted by Crippen LogP contribution is -2.36. The Morgan fingerprint density at radius 2 is 1.08 bits per heavy atom. The van der Waals surface area contributed by atoms with Crippen molar-refractivity contribution in [3.05, 3.63) is 0 Å². The van der Waals surface area contributed by atoms with Gasteiger partial charge in [-0.2, -0.15) is 0 Å². The summed E-state index contributed by atoms with van der Waals surface area (Å²) in [7, 11) is 0. The van der Waals surface area contributed by atoms with Crippen molar-refractivity contribution in [2.24, 2.45) is 0 Å². The molecule has 0 rings (SSSR count). The number of rotatable bonds is 19. The highest BCUT2D eigenvalue weighted by Crippen LogP contribution is 2.13. The van der Waals surface area contributed by atoms with Crippen LogP contribution in [0.2, 0.25) is 0 Å². The van der Waals surface area contributed by atoms with Gasteiger partial charge in [-0.05, 0) is 6.42 Å². The zero-order valence-corrected chi connectivity index (χ0v) is 16.1. The Balaban J connectivity index is 3.33. The number of hydrogen-bond acceptors (Lipinski definition) is 4. The molecule has 1 atom stereocenters. The molecule has 0 heterocycles. The molecule has 0 bridgehead atoms. The van der Waals surface area contributed by atoms with Gasteiger partial charge in [0.05, 0.1) is 19.3 Å². The first kappa shape index (κ1) is 23.8. The first-order chi connectivity index (χ1) is 11.7. The molecule has 0 spiro atoms. The van der Waals surface area contributed by atoms with Gasteiger partial charge in [-0.25, -0.2) is 0 Å². The van der Waals surface area contributed by atoms with Crippen LogP contribution in [0, 0.1) is 0 Å². The molecular formula is C20H43NO3. The van der Waals surface area contributed by atoms with Crippen LogP contribution in [0.25, 0.3) is 0 Å². The minimum Gasteiger partial charge on any atom is -0.395 e. The van der Waals surface area contributed by atoms with Crippen molar-refractivity contribution in [3.8, 4) is 0 Å². The third-order valence-electron chi connectivity index (χ3n) is 4.69. The van der Waals surface area contributed by atoms with Gasteiger partial charge >= 0.3 is 0 Å². The largest absolute Gasteiger partial charge is 0.395 e. The van der Waals surface area contributed by atoms with Gasteiger partial charge in [-0.15, -0.1) is 0 Å². The fourth-order valence-electron chi connectivity index (χ4n) is 3.19. The Hall–Kier alpha value is -0.160. The van der Waals surface area contributed by atoms with Gasteiger partial charge in [0, 0.05) is 19.6 Å². The van der Waals surface area contributed by atoms with Crippen molar-refractivity contribution in [2.45, 2.75) is 96.5 Å². The zero-order valence-electron chi connectivity index (χ0n) is 16.1. The molecule has 0 saturated heterocycles. The molecule has 146 valence electrons. The van der Waals surface area contributed by atoms with Crippen LogP contribution >= 0.6 is 0 Å². The Labute approximate surface area is 150 Å². The van der Waals surface area contributed by atoms with E-state index in [1.807, 2.05) is 4.90 Å². The van der Waals surface area contributed by atoms with Gasteiger partial charge in [-0.1, -0.05) is 84.0 Å². The van der Waals surface area contributed by atoms with Crippen LogP contribution in [0.5, 0.6) is 0 Å². The SMILES string of the molecule is CCCCCCCCCCCCCCC(O)CN(CCO)CCO. The highest BCUT2D eigenvalue weighted by molar-refractivity contribution is 4.64. The smallest absolute Gasteiger partial charge is 0.0667 e. The van der Waals surface area contributed by atoms with Crippen LogP contribution in [0.15, 0.2) is 0 Å². The van der Waals surface area contributed by atoms with Crippen molar-refractivity contribution < 1.29 is 15.3 Å². The number of nitrogens with zero attached hydrogens (tertiary/aromatic N) is 1. The summed E-state index contributed by atoms with van der Waals surface area (Å²) >= 11 is 0. The van der Waals surface area contributed by atoms with Gasteiger partial charge < -0.3 is 15.3 Å². The number of unbranched alkanes of at least 4 members (excludes halogenated alkanes) is 11. The molecule has 0 aromatic heterocycles. The van der Waals surface area contributed by atoms with E-state index in [0.717, 1.165) is 12.8 Å². The third-order valence-corrected chi connectivity index (χ3v) is 4.69. The fourth-order valence-corrected chi connectivity index (χ4v) is 3.19. The molecule has 0 radical (unpaired) electrons. The summed E-state index contributed by atoms with van der Waals surface area (Å²) in [4.78, 5) is 1.92. The summed E-state index contributed by atoms with van der Waals surface area (Å²) < 4.78 is 0. The standard InChI is InChI=1S/C20H43NO3/c1-2-3-4-5-6-7-8-9-10-11-12-13-14-20(24)19-21(15-17-22)16-18-23/h20,22-24H,2-19H2,1H3. The minimum absolute atomic E-state index is 0.0747. The van der Waals surface area contributed by atoms with E-state index in [4.69, 9.17) is 10.2 Å². The maximum absolute atomic E-state index is 10.0. The highest BCUT2D eigenvalue weighted by Gasteiger charge is 2.10. The molecule has 1 unspecified atom stereocenters. The number of aliphatic hydroxyl groups excluding tert-OH is 3. The Bertz CT molecular complexity index is 233. The molecule has 3 N–H and O–H groups in total. The molecule has 0 aromatic rings. The molecule has 0 aromatic carbocycles. The normalized spacial score (nSPS) is 12.9. The quantitative estimate of drug-likeness (QED) is 0.312. The van der Waals surface area contributed by atoms with Crippen LogP contribution in [-0.4, -0.2) is 59.2 Å². The van der Waals surface area contributed by atoms with Crippen LogP contribution < -0.4 is 0 Å². The number of aliphatic hydroxyl groups is 3. The topological polar surface area (TPSA) is 63.9 Å². The van der Waals surface area contributed by atoms with Gasteiger partial charge in [0.2, 0.25) is 0 Å². The van der Waals surface area contributed by atoms with Gasteiger partial charge in [0.25, 0.3) is 0 Å². The summed E-state index contributed by atoms with van der Waals surface area (Å²) in [5, 5.41) is 27.9. The minimum atomic E-state index is -0.341. The molecule has 4 nitrogen and oxygen atoms in total. The summed E-state index contributed by atoms with van der Waals surface area (Å²) in [6, 6.07) is 0. The molecule has 0 aliphatic heterocycles. The van der Waals surface area contributed by atoms with Gasteiger partial charge in [-0.3, -0.25) is 4.90 Å². The van der Waals surface area contributed by atoms with E-state index in [-0.39, 0.29) is 19.3 Å². The lowest BCUT2D eigenvalue weighted by atomic mass is 10.0. The van der Waals surface area contributed by atoms with E-state index in [2.05, 4.69) is 6.92 Å². The van der Waals surface area contributed by atoms with Crippen molar-refractivity contribution >= 4 is 0 Å². The number of hydrogen-bond donors (Lipinski definition) is 3. The van der Waals surface area contributed by atoms with Crippen molar-refractivity contribution in [1.29, 1.82) is 0 Å². The highest BCUT2D eigenvalue weighted by atomic mass is 16.3. The van der Waals surface area contributed by atoms with E-state index in [1.54, 1.807) is 0 Å². The van der Waals surface area contributed by atoms with E-state index < -0.39 is 0 Å². The first-order valence-electron chi connectivity index (χ1n) is 10.4. The van der Waals surface area contributed by atoms with Crippen LogP contribution in [-0.2, 0) is 0 Å². The second kappa shape index (κ2) is 19.2. The Morgan fingerprint density at radius 1 is 0.667 bits per heavy atom. The van der Waals surface area contributed by atoms with Crippen LogP contribution in [0.4, 0.5) is 0 Å². The van der Waals surface area contributed by atoms with E-state index >= 15 is 0 Å².